The molecule has 0 spiro atoms. The van der Waals surface area contributed by atoms with Crippen molar-refractivity contribution in [3.8, 4) is 28.6 Å². The van der Waals surface area contributed by atoms with E-state index >= 15 is 0 Å². The molecule has 0 atom stereocenters. The SMILES string of the molecule is COc1cccc(Nc2ncc(-c3ccccc3NCc3ccc4c(c3)OCO4)o2)c1. The molecule has 0 aliphatic carbocycles. The molecule has 0 fully saturated rings. The minimum absolute atomic E-state index is 0.271. The predicted molar refractivity (Wildman–Crippen MR) is 118 cm³/mol. The number of para-hydroxylation sites is 1. The van der Waals surface area contributed by atoms with E-state index < -0.39 is 0 Å². The molecule has 0 saturated carbocycles. The van der Waals surface area contributed by atoms with Crippen LogP contribution in [0.1, 0.15) is 5.56 Å². The van der Waals surface area contributed by atoms with Gasteiger partial charge in [0.05, 0.1) is 13.3 Å². The van der Waals surface area contributed by atoms with Gasteiger partial charge in [0.1, 0.15) is 5.75 Å². The van der Waals surface area contributed by atoms with Gasteiger partial charge in [-0.15, -0.1) is 0 Å². The number of anilines is 3. The molecule has 31 heavy (non-hydrogen) atoms. The summed E-state index contributed by atoms with van der Waals surface area (Å²) in [4.78, 5) is 4.37. The van der Waals surface area contributed by atoms with E-state index in [1.165, 1.54) is 0 Å². The molecule has 0 bridgehead atoms. The first kappa shape index (κ1) is 18.9. The van der Waals surface area contributed by atoms with E-state index in [9.17, 15) is 0 Å². The zero-order valence-corrected chi connectivity index (χ0v) is 16.9. The molecule has 5 rings (SSSR count). The third kappa shape index (κ3) is 4.11. The molecule has 156 valence electrons. The maximum atomic E-state index is 5.96. The van der Waals surface area contributed by atoms with Gasteiger partial charge in [-0.3, -0.25) is 0 Å². The average Bonchev–Trinajstić information content (AvgIpc) is 3.47. The third-order valence-electron chi connectivity index (χ3n) is 4.94. The van der Waals surface area contributed by atoms with Gasteiger partial charge < -0.3 is 29.3 Å². The fourth-order valence-electron chi connectivity index (χ4n) is 3.38. The van der Waals surface area contributed by atoms with Gasteiger partial charge in [0.25, 0.3) is 6.01 Å². The van der Waals surface area contributed by atoms with Crippen LogP contribution >= 0.6 is 0 Å². The van der Waals surface area contributed by atoms with Gasteiger partial charge in [-0.1, -0.05) is 24.3 Å². The quantitative estimate of drug-likeness (QED) is 0.416. The van der Waals surface area contributed by atoms with Crippen molar-refractivity contribution in [1.82, 2.24) is 4.98 Å². The Morgan fingerprint density at radius 3 is 2.81 bits per heavy atom. The van der Waals surface area contributed by atoms with Crippen molar-refractivity contribution in [1.29, 1.82) is 0 Å². The predicted octanol–water partition coefficient (Wildman–Crippen LogP) is 5.43. The Balaban J connectivity index is 1.32. The summed E-state index contributed by atoms with van der Waals surface area (Å²) in [6.45, 7) is 0.906. The Labute approximate surface area is 179 Å². The van der Waals surface area contributed by atoms with E-state index in [0.717, 1.165) is 39.8 Å². The van der Waals surface area contributed by atoms with E-state index in [1.54, 1.807) is 13.3 Å². The smallest absolute Gasteiger partial charge is 0.299 e. The van der Waals surface area contributed by atoms with Crippen molar-refractivity contribution in [2.45, 2.75) is 6.54 Å². The Bertz CT molecular complexity index is 1200. The van der Waals surface area contributed by atoms with Gasteiger partial charge in [-0.05, 0) is 42.0 Å². The van der Waals surface area contributed by atoms with Gasteiger partial charge in [0, 0.05) is 29.5 Å². The van der Waals surface area contributed by atoms with Crippen molar-refractivity contribution < 1.29 is 18.6 Å². The topological polar surface area (TPSA) is 77.8 Å². The first-order chi connectivity index (χ1) is 15.3. The van der Waals surface area contributed by atoms with Crippen LogP contribution in [0.5, 0.6) is 17.2 Å². The highest BCUT2D eigenvalue weighted by molar-refractivity contribution is 5.75. The molecular weight excluding hydrogens is 394 g/mol. The molecule has 0 saturated heterocycles. The van der Waals surface area contributed by atoms with Gasteiger partial charge in [-0.2, -0.15) is 0 Å². The largest absolute Gasteiger partial charge is 0.497 e. The molecule has 0 radical (unpaired) electrons. The molecule has 1 aliphatic rings. The number of hydrogen-bond donors (Lipinski definition) is 2. The van der Waals surface area contributed by atoms with Crippen LogP contribution in [0.25, 0.3) is 11.3 Å². The monoisotopic (exact) mass is 415 g/mol. The van der Waals surface area contributed by atoms with E-state index in [2.05, 4.69) is 15.6 Å². The molecule has 4 aromatic rings. The highest BCUT2D eigenvalue weighted by Gasteiger charge is 2.14. The molecule has 1 aliphatic heterocycles. The fraction of sp³-hybridized carbons (Fsp3) is 0.125. The minimum Gasteiger partial charge on any atom is -0.497 e. The summed E-state index contributed by atoms with van der Waals surface area (Å²) in [5, 5.41) is 6.64. The number of benzene rings is 3. The molecule has 0 amide bonds. The molecular formula is C24H21N3O4. The van der Waals surface area contributed by atoms with Crippen LogP contribution in [0.2, 0.25) is 0 Å². The standard InChI is InChI=1S/C24H21N3O4/c1-28-18-6-4-5-17(12-18)27-24-26-14-23(31-24)19-7-2-3-8-20(19)25-13-16-9-10-21-22(11-16)30-15-29-21/h2-12,14,25H,13,15H2,1H3,(H,26,27). The molecule has 2 heterocycles. The summed E-state index contributed by atoms with van der Waals surface area (Å²) >= 11 is 0. The fourth-order valence-corrected chi connectivity index (χ4v) is 3.38. The van der Waals surface area contributed by atoms with Crippen molar-refractivity contribution in [3.63, 3.8) is 0 Å². The van der Waals surface area contributed by atoms with Crippen LogP contribution in [0.4, 0.5) is 17.4 Å². The normalized spacial score (nSPS) is 11.9. The van der Waals surface area contributed by atoms with Crippen LogP contribution in [-0.4, -0.2) is 18.9 Å². The molecule has 3 aromatic carbocycles. The second-order valence-corrected chi connectivity index (χ2v) is 6.97. The third-order valence-corrected chi connectivity index (χ3v) is 4.94. The Kier molecular flexibility index (Phi) is 5.06. The van der Waals surface area contributed by atoms with Gasteiger partial charge in [-0.25, -0.2) is 4.98 Å². The summed E-state index contributed by atoms with van der Waals surface area (Å²) in [5.74, 6) is 2.98. The lowest BCUT2D eigenvalue weighted by Crippen LogP contribution is -2.00. The highest BCUT2D eigenvalue weighted by Crippen LogP contribution is 2.34. The Hall–Kier alpha value is -4.13. The van der Waals surface area contributed by atoms with Gasteiger partial charge >= 0.3 is 0 Å². The lowest BCUT2D eigenvalue weighted by molar-refractivity contribution is 0.174. The zero-order valence-electron chi connectivity index (χ0n) is 16.9. The summed E-state index contributed by atoms with van der Waals surface area (Å²) < 4.78 is 22.1. The van der Waals surface area contributed by atoms with E-state index in [0.29, 0.717) is 18.3 Å². The molecule has 1 aromatic heterocycles. The van der Waals surface area contributed by atoms with Crippen molar-refractivity contribution in [2.24, 2.45) is 0 Å². The summed E-state index contributed by atoms with van der Waals surface area (Å²) in [6, 6.07) is 21.9. The van der Waals surface area contributed by atoms with Gasteiger partial charge in [0.2, 0.25) is 6.79 Å². The maximum absolute atomic E-state index is 5.96. The van der Waals surface area contributed by atoms with Crippen LogP contribution in [-0.2, 0) is 6.54 Å². The Morgan fingerprint density at radius 2 is 1.87 bits per heavy atom. The summed E-state index contributed by atoms with van der Waals surface area (Å²) in [7, 11) is 1.63. The number of ether oxygens (including phenoxy) is 3. The Morgan fingerprint density at radius 1 is 0.968 bits per heavy atom. The van der Waals surface area contributed by atoms with Crippen molar-refractivity contribution in [3.05, 3.63) is 78.5 Å². The first-order valence-corrected chi connectivity index (χ1v) is 9.87. The summed E-state index contributed by atoms with van der Waals surface area (Å²) in [6.07, 6.45) is 1.71. The average molecular weight is 415 g/mol. The molecule has 7 heteroatoms. The molecule has 2 N–H and O–H groups in total. The van der Waals surface area contributed by atoms with E-state index in [1.807, 2.05) is 66.7 Å². The number of methoxy groups -OCH3 is 1. The van der Waals surface area contributed by atoms with Crippen molar-refractivity contribution >= 4 is 17.4 Å². The van der Waals surface area contributed by atoms with Gasteiger partial charge in [0.15, 0.2) is 17.3 Å². The second-order valence-electron chi connectivity index (χ2n) is 6.97. The summed E-state index contributed by atoms with van der Waals surface area (Å²) in [5.41, 5.74) is 3.80. The first-order valence-electron chi connectivity index (χ1n) is 9.87. The number of rotatable bonds is 7. The van der Waals surface area contributed by atoms with E-state index in [-0.39, 0.29) is 6.79 Å². The lowest BCUT2D eigenvalue weighted by Gasteiger charge is -2.11. The van der Waals surface area contributed by atoms with Crippen LogP contribution < -0.4 is 24.8 Å². The maximum Gasteiger partial charge on any atom is 0.299 e. The minimum atomic E-state index is 0.271. The number of nitrogens with zero attached hydrogens (tertiary/aromatic N) is 1. The van der Waals surface area contributed by atoms with Crippen LogP contribution in [0.15, 0.2) is 77.3 Å². The number of fused-ring (bicyclic) bond motifs is 1. The number of hydrogen-bond acceptors (Lipinski definition) is 7. The van der Waals surface area contributed by atoms with E-state index in [4.69, 9.17) is 18.6 Å². The van der Waals surface area contributed by atoms with Crippen LogP contribution in [0, 0.1) is 0 Å². The van der Waals surface area contributed by atoms with Crippen molar-refractivity contribution in [2.75, 3.05) is 24.5 Å². The number of aromatic nitrogens is 1. The van der Waals surface area contributed by atoms with Crippen LogP contribution in [0.3, 0.4) is 0 Å². The lowest BCUT2D eigenvalue weighted by atomic mass is 10.1. The highest BCUT2D eigenvalue weighted by atomic mass is 16.7. The number of nitrogens with one attached hydrogen (secondary N) is 2. The number of oxazole rings is 1. The molecule has 0 unspecified atom stereocenters. The second kappa shape index (κ2) is 8.31. The zero-order chi connectivity index (χ0) is 21.0. The molecule has 7 nitrogen and oxygen atoms in total.